The molecular weight excluding hydrogens is 304 g/mol. The lowest BCUT2D eigenvalue weighted by Crippen LogP contribution is -2.55. The highest BCUT2D eigenvalue weighted by atomic mass is 35.5. The van der Waals surface area contributed by atoms with Crippen molar-refractivity contribution in [2.75, 3.05) is 19.7 Å². The van der Waals surface area contributed by atoms with Gasteiger partial charge in [0.25, 0.3) is 0 Å². The smallest absolute Gasteiger partial charge is 0.240 e. The van der Waals surface area contributed by atoms with Crippen molar-refractivity contribution in [3.05, 3.63) is 24.3 Å². The fraction of sp³-hybridized carbons (Fsp3) is 0.562. The molecule has 6 heteroatoms. The molecule has 2 aliphatic heterocycles. The number of benzene rings is 1. The summed E-state index contributed by atoms with van der Waals surface area (Å²) in [4.78, 5) is 12.4. The summed E-state index contributed by atoms with van der Waals surface area (Å²) in [6.45, 7) is 3.90. The van der Waals surface area contributed by atoms with Gasteiger partial charge < -0.3 is 20.1 Å². The van der Waals surface area contributed by atoms with Gasteiger partial charge in [-0.15, -0.1) is 12.4 Å². The molecule has 0 saturated carbocycles. The number of amides is 1. The summed E-state index contributed by atoms with van der Waals surface area (Å²) in [5.74, 6) is 1.58. The number of carbonyl (C=O) groups excluding carboxylic acids is 1. The Labute approximate surface area is 137 Å². The number of ether oxygens (including phenoxy) is 2. The largest absolute Gasteiger partial charge is 0.486 e. The topological polar surface area (TPSA) is 59.6 Å². The van der Waals surface area contributed by atoms with Crippen LogP contribution in [0.25, 0.3) is 0 Å². The third-order valence-electron chi connectivity index (χ3n) is 4.34. The van der Waals surface area contributed by atoms with Gasteiger partial charge in [0.05, 0.1) is 12.1 Å². The molecule has 0 aromatic heterocycles. The van der Waals surface area contributed by atoms with Crippen molar-refractivity contribution in [1.29, 1.82) is 0 Å². The number of hydrogen-bond donors (Lipinski definition) is 2. The molecule has 1 saturated heterocycles. The zero-order valence-electron chi connectivity index (χ0n) is 12.8. The van der Waals surface area contributed by atoms with Crippen LogP contribution in [0, 0.1) is 0 Å². The van der Waals surface area contributed by atoms with E-state index in [-0.39, 0.29) is 24.4 Å². The van der Waals surface area contributed by atoms with Crippen LogP contribution in [0.15, 0.2) is 24.3 Å². The molecule has 3 rings (SSSR count). The van der Waals surface area contributed by atoms with E-state index in [4.69, 9.17) is 9.47 Å². The van der Waals surface area contributed by atoms with Gasteiger partial charge in [-0.25, -0.2) is 0 Å². The van der Waals surface area contributed by atoms with Gasteiger partial charge in [0.15, 0.2) is 11.5 Å². The molecular formula is C16H23ClN2O3. The molecule has 1 fully saturated rings. The van der Waals surface area contributed by atoms with Gasteiger partial charge in [-0.1, -0.05) is 19.1 Å². The molecule has 122 valence electrons. The van der Waals surface area contributed by atoms with Crippen LogP contribution in [0.5, 0.6) is 11.5 Å². The Balaban J connectivity index is 0.00000176. The Hall–Kier alpha value is -1.46. The van der Waals surface area contributed by atoms with Gasteiger partial charge in [0, 0.05) is 0 Å². The van der Waals surface area contributed by atoms with Crippen LogP contribution in [-0.4, -0.2) is 37.2 Å². The summed E-state index contributed by atoms with van der Waals surface area (Å²) in [6, 6.07) is 7.60. The normalized spacial score (nSPS) is 26.1. The number of hydrogen-bond acceptors (Lipinski definition) is 4. The second kappa shape index (κ2) is 7.20. The number of para-hydroxylation sites is 2. The molecule has 2 N–H and O–H groups in total. The van der Waals surface area contributed by atoms with Crippen molar-refractivity contribution in [2.24, 2.45) is 0 Å². The number of halogens is 1. The zero-order chi connectivity index (χ0) is 14.7. The molecule has 2 heterocycles. The average Bonchev–Trinajstić information content (AvgIpc) is 3.02. The van der Waals surface area contributed by atoms with Crippen molar-refractivity contribution in [3.63, 3.8) is 0 Å². The summed E-state index contributed by atoms with van der Waals surface area (Å²) in [5, 5.41) is 6.35. The Morgan fingerprint density at radius 1 is 1.41 bits per heavy atom. The summed E-state index contributed by atoms with van der Waals surface area (Å²) < 4.78 is 11.5. The van der Waals surface area contributed by atoms with Crippen LogP contribution in [0.2, 0.25) is 0 Å². The molecule has 1 aromatic carbocycles. The Kier molecular flexibility index (Phi) is 5.53. The minimum absolute atomic E-state index is 0. The van der Waals surface area contributed by atoms with E-state index in [0.29, 0.717) is 13.2 Å². The minimum atomic E-state index is -0.395. The standard InChI is InChI=1S/C16H22N2O3.ClH/c1-2-16(8-5-9-18-16)15(19)17-10-12-11-20-13-6-3-4-7-14(13)21-12;/h3-4,6-7,12,18H,2,5,8-11H2,1H3,(H,17,19);1H. The second-order valence-electron chi connectivity index (χ2n) is 5.67. The van der Waals surface area contributed by atoms with Crippen LogP contribution in [0.3, 0.4) is 0 Å². The highest BCUT2D eigenvalue weighted by Crippen LogP contribution is 2.30. The van der Waals surface area contributed by atoms with E-state index in [1.165, 1.54) is 0 Å². The summed E-state index contributed by atoms with van der Waals surface area (Å²) in [7, 11) is 0. The molecule has 1 aromatic rings. The first-order chi connectivity index (χ1) is 10.2. The lowest BCUT2D eigenvalue weighted by atomic mass is 9.93. The van der Waals surface area contributed by atoms with Crippen molar-refractivity contribution in [3.8, 4) is 11.5 Å². The third kappa shape index (κ3) is 3.31. The van der Waals surface area contributed by atoms with E-state index in [2.05, 4.69) is 10.6 Å². The highest BCUT2D eigenvalue weighted by molar-refractivity contribution is 5.86. The van der Waals surface area contributed by atoms with Gasteiger partial charge in [0.2, 0.25) is 5.91 Å². The maximum Gasteiger partial charge on any atom is 0.240 e. The van der Waals surface area contributed by atoms with E-state index in [1.54, 1.807) is 0 Å². The van der Waals surface area contributed by atoms with E-state index in [0.717, 1.165) is 37.3 Å². The quantitative estimate of drug-likeness (QED) is 0.887. The monoisotopic (exact) mass is 326 g/mol. The lowest BCUT2D eigenvalue weighted by Gasteiger charge is -2.30. The predicted octanol–water partition coefficient (Wildman–Crippen LogP) is 1.90. The molecule has 0 spiro atoms. The molecule has 1 amide bonds. The van der Waals surface area contributed by atoms with Crippen LogP contribution in [0.4, 0.5) is 0 Å². The first kappa shape index (κ1) is 16.9. The Morgan fingerprint density at radius 3 is 2.86 bits per heavy atom. The third-order valence-corrected chi connectivity index (χ3v) is 4.34. The Bertz CT molecular complexity index is 518. The van der Waals surface area contributed by atoms with Crippen LogP contribution < -0.4 is 20.1 Å². The van der Waals surface area contributed by atoms with Crippen LogP contribution >= 0.6 is 12.4 Å². The predicted molar refractivity (Wildman–Crippen MR) is 86.9 cm³/mol. The van der Waals surface area contributed by atoms with Crippen molar-refractivity contribution in [1.82, 2.24) is 10.6 Å². The van der Waals surface area contributed by atoms with Crippen molar-refractivity contribution < 1.29 is 14.3 Å². The van der Waals surface area contributed by atoms with E-state index >= 15 is 0 Å². The molecule has 0 aliphatic carbocycles. The maximum absolute atomic E-state index is 12.4. The zero-order valence-corrected chi connectivity index (χ0v) is 13.6. The summed E-state index contributed by atoms with van der Waals surface area (Å²) in [6.07, 6.45) is 2.63. The van der Waals surface area contributed by atoms with Crippen LogP contribution in [0.1, 0.15) is 26.2 Å². The molecule has 2 aliphatic rings. The number of fused-ring (bicyclic) bond motifs is 1. The summed E-state index contributed by atoms with van der Waals surface area (Å²) >= 11 is 0. The molecule has 0 bridgehead atoms. The average molecular weight is 327 g/mol. The maximum atomic E-state index is 12.4. The summed E-state index contributed by atoms with van der Waals surface area (Å²) in [5.41, 5.74) is -0.395. The number of nitrogens with one attached hydrogen (secondary N) is 2. The first-order valence-corrected chi connectivity index (χ1v) is 7.65. The van der Waals surface area contributed by atoms with Gasteiger partial charge in [-0.05, 0) is 37.9 Å². The van der Waals surface area contributed by atoms with E-state index < -0.39 is 5.54 Å². The molecule has 2 unspecified atom stereocenters. The van der Waals surface area contributed by atoms with Crippen LogP contribution in [-0.2, 0) is 4.79 Å². The number of rotatable bonds is 4. The van der Waals surface area contributed by atoms with E-state index in [1.807, 2.05) is 31.2 Å². The first-order valence-electron chi connectivity index (χ1n) is 7.65. The molecule has 2 atom stereocenters. The molecule has 0 radical (unpaired) electrons. The van der Waals surface area contributed by atoms with Crippen molar-refractivity contribution >= 4 is 18.3 Å². The fourth-order valence-electron chi connectivity index (χ4n) is 3.00. The minimum Gasteiger partial charge on any atom is -0.486 e. The second-order valence-corrected chi connectivity index (χ2v) is 5.67. The van der Waals surface area contributed by atoms with Gasteiger partial charge in [0.1, 0.15) is 12.7 Å². The van der Waals surface area contributed by atoms with Gasteiger partial charge in [-0.2, -0.15) is 0 Å². The lowest BCUT2D eigenvalue weighted by molar-refractivity contribution is -0.127. The molecule has 22 heavy (non-hydrogen) atoms. The van der Waals surface area contributed by atoms with Crippen molar-refractivity contribution in [2.45, 2.75) is 37.8 Å². The molecule has 5 nitrogen and oxygen atoms in total. The van der Waals surface area contributed by atoms with E-state index in [9.17, 15) is 4.79 Å². The Morgan fingerprint density at radius 2 is 2.18 bits per heavy atom. The SMILES string of the molecule is CCC1(C(=O)NCC2COc3ccccc3O2)CCCN1.Cl. The van der Waals surface area contributed by atoms with Gasteiger partial charge >= 0.3 is 0 Å². The fourth-order valence-corrected chi connectivity index (χ4v) is 3.00. The van der Waals surface area contributed by atoms with Gasteiger partial charge in [-0.3, -0.25) is 4.79 Å². The number of carbonyl (C=O) groups is 1. The highest BCUT2D eigenvalue weighted by Gasteiger charge is 2.39.